The van der Waals surface area contributed by atoms with Crippen molar-refractivity contribution in [1.82, 2.24) is 0 Å². The molecule has 0 spiro atoms. The molecule has 0 saturated heterocycles. The Bertz CT molecular complexity index is 680. The van der Waals surface area contributed by atoms with Crippen LogP contribution in [-0.4, -0.2) is 12.9 Å². The fourth-order valence-electron chi connectivity index (χ4n) is 2.07. The van der Waals surface area contributed by atoms with Gasteiger partial charge in [-0.1, -0.05) is 11.6 Å². The average Bonchev–Trinajstić information content (AvgIpc) is 2.42. The predicted molar refractivity (Wildman–Crippen MR) is 90.1 cm³/mol. The van der Waals surface area contributed by atoms with Gasteiger partial charge in [0.1, 0.15) is 5.75 Å². The summed E-state index contributed by atoms with van der Waals surface area (Å²) in [6.45, 7) is 3.84. The van der Waals surface area contributed by atoms with Crippen LogP contribution < -0.4 is 4.74 Å². The minimum absolute atomic E-state index is 0.0137. The molecule has 0 aliphatic heterocycles. The molecule has 2 aromatic carbocycles. The highest BCUT2D eigenvalue weighted by Crippen LogP contribution is 2.26. The SMILES string of the molecule is COc1cc(C)c(C(=O)c2cc(Cl)ccc2I)cc1C. The second-order valence-electron chi connectivity index (χ2n) is 4.59. The molecule has 0 aliphatic carbocycles. The molecule has 0 fully saturated rings. The van der Waals surface area contributed by atoms with Crippen LogP contribution >= 0.6 is 34.2 Å². The van der Waals surface area contributed by atoms with E-state index in [1.807, 2.05) is 32.0 Å². The molecule has 0 bridgehead atoms. The highest BCUT2D eigenvalue weighted by Gasteiger charge is 2.17. The highest BCUT2D eigenvalue weighted by molar-refractivity contribution is 14.1. The smallest absolute Gasteiger partial charge is 0.194 e. The van der Waals surface area contributed by atoms with Crippen LogP contribution in [0.3, 0.4) is 0 Å². The van der Waals surface area contributed by atoms with Crippen molar-refractivity contribution in [1.29, 1.82) is 0 Å². The first-order valence-electron chi connectivity index (χ1n) is 6.09. The molecule has 104 valence electrons. The van der Waals surface area contributed by atoms with Gasteiger partial charge in [0.25, 0.3) is 0 Å². The number of benzene rings is 2. The van der Waals surface area contributed by atoms with E-state index in [1.54, 1.807) is 19.2 Å². The second kappa shape index (κ2) is 6.14. The molecule has 2 aromatic rings. The third-order valence-corrected chi connectivity index (χ3v) is 4.34. The normalized spacial score (nSPS) is 10.4. The summed E-state index contributed by atoms with van der Waals surface area (Å²) in [7, 11) is 1.63. The lowest BCUT2D eigenvalue weighted by Crippen LogP contribution is -2.07. The monoisotopic (exact) mass is 400 g/mol. The molecule has 0 amide bonds. The quantitative estimate of drug-likeness (QED) is 0.546. The Morgan fingerprint density at radius 3 is 2.45 bits per heavy atom. The molecule has 2 nitrogen and oxygen atoms in total. The van der Waals surface area contributed by atoms with E-state index in [0.717, 1.165) is 20.4 Å². The van der Waals surface area contributed by atoms with E-state index in [1.165, 1.54) is 0 Å². The maximum Gasteiger partial charge on any atom is 0.194 e. The summed E-state index contributed by atoms with van der Waals surface area (Å²) in [4.78, 5) is 12.7. The van der Waals surface area contributed by atoms with Crippen molar-refractivity contribution in [3.05, 3.63) is 61.2 Å². The van der Waals surface area contributed by atoms with Crippen LogP contribution in [0.5, 0.6) is 5.75 Å². The molecule has 2 rings (SSSR count). The largest absolute Gasteiger partial charge is 0.496 e. The fourth-order valence-corrected chi connectivity index (χ4v) is 2.82. The van der Waals surface area contributed by atoms with Gasteiger partial charge in [0.2, 0.25) is 0 Å². The summed E-state index contributed by atoms with van der Waals surface area (Å²) < 4.78 is 6.17. The zero-order valence-corrected chi connectivity index (χ0v) is 14.4. The number of halogens is 2. The number of carbonyl (C=O) groups is 1. The molecule has 0 aliphatic rings. The van der Waals surface area contributed by atoms with E-state index >= 15 is 0 Å². The number of carbonyl (C=O) groups excluding carboxylic acids is 1. The maximum atomic E-state index is 12.7. The van der Waals surface area contributed by atoms with Crippen LogP contribution in [0.15, 0.2) is 30.3 Å². The van der Waals surface area contributed by atoms with E-state index in [2.05, 4.69) is 22.6 Å². The summed E-state index contributed by atoms with van der Waals surface area (Å²) in [5.74, 6) is 0.778. The van der Waals surface area contributed by atoms with Gasteiger partial charge in [-0.3, -0.25) is 4.79 Å². The topological polar surface area (TPSA) is 26.3 Å². The Kier molecular flexibility index (Phi) is 4.70. The molecular weight excluding hydrogens is 387 g/mol. The number of rotatable bonds is 3. The van der Waals surface area contributed by atoms with Crippen LogP contribution in [0.25, 0.3) is 0 Å². The minimum atomic E-state index is -0.0137. The maximum absolute atomic E-state index is 12.7. The van der Waals surface area contributed by atoms with Gasteiger partial charge in [-0.15, -0.1) is 0 Å². The van der Waals surface area contributed by atoms with Crippen molar-refractivity contribution in [2.45, 2.75) is 13.8 Å². The Balaban J connectivity index is 2.54. The lowest BCUT2D eigenvalue weighted by Gasteiger charge is -2.11. The highest BCUT2D eigenvalue weighted by atomic mass is 127. The van der Waals surface area contributed by atoms with E-state index in [9.17, 15) is 4.79 Å². The standard InChI is InChI=1S/C16H14ClIO2/c1-9-7-15(20-3)10(2)6-12(9)16(19)13-8-11(17)4-5-14(13)18/h4-8H,1-3H3. The van der Waals surface area contributed by atoms with Gasteiger partial charge < -0.3 is 4.74 Å². The minimum Gasteiger partial charge on any atom is -0.496 e. The lowest BCUT2D eigenvalue weighted by atomic mass is 9.97. The van der Waals surface area contributed by atoms with Gasteiger partial charge in [0.05, 0.1) is 7.11 Å². The Labute approximate surface area is 137 Å². The molecule has 0 heterocycles. The van der Waals surface area contributed by atoms with Crippen LogP contribution in [0.2, 0.25) is 5.02 Å². The van der Waals surface area contributed by atoms with Crippen LogP contribution in [-0.2, 0) is 0 Å². The summed E-state index contributed by atoms with van der Waals surface area (Å²) in [6.07, 6.45) is 0. The van der Waals surface area contributed by atoms with Crippen molar-refractivity contribution >= 4 is 40.0 Å². The second-order valence-corrected chi connectivity index (χ2v) is 6.19. The van der Waals surface area contributed by atoms with Crippen LogP contribution in [0.1, 0.15) is 27.0 Å². The van der Waals surface area contributed by atoms with Gasteiger partial charge in [0, 0.05) is 19.7 Å². The third kappa shape index (κ3) is 2.99. The molecule has 0 radical (unpaired) electrons. The lowest BCUT2D eigenvalue weighted by molar-refractivity contribution is 0.103. The van der Waals surface area contributed by atoms with Crippen molar-refractivity contribution in [3.8, 4) is 5.75 Å². The van der Waals surface area contributed by atoms with Gasteiger partial charge in [0.15, 0.2) is 5.78 Å². The molecule has 20 heavy (non-hydrogen) atoms. The van der Waals surface area contributed by atoms with E-state index < -0.39 is 0 Å². The summed E-state index contributed by atoms with van der Waals surface area (Å²) in [6, 6.07) is 9.10. The molecule has 4 heteroatoms. The average molecular weight is 401 g/mol. The van der Waals surface area contributed by atoms with E-state index in [0.29, 0.717) is 16.1 Å². The molecular formula is C16H14ClIO2. The fraction of sp³-hybridized carbons (Fsp3) is 0.188. The van der Waals surface area contributed by atoms with Gasteiger partial charge in [-0.25, -0.2) is 0 Å². The first kappa shape index (κ1) is 15.3. The first-order chi connectivity index (χ1) is 9.43. The predicted octanol–water partition coefficient (Wildman–Crippen LogP) is 4.80. The van der Waals surface area contributed by atoms with Crippen LogP contribution in [0.4, 0.5) is 0 Å². The summed E-state index contributed by atoms with van der Waals surface area (Å²) >= 11 is 8.14. The van der Waals surface area contributed by atoms with Gasteiger partial charge in [-0.05, 0) is 77.9 Å². The zero-order valence-electron chi connectivity index (χ0n) is 11.5. The number of aryl methyl sites for hydroxylation is 2. The van der Waals surface area contributed by atoms with Crippen molar-refractivity contribution in [3.63, 3.8) is 0 Å². The van der Waals surface area contributed by atoms with Crippen molar-refractivity contribution in [2.24, 2.45) is 0 Å². The zero-order chi connectivity index (χ0) is 14.9. The molecule has 0 unspecified atom stereocenters. The number of methoxy groups -OCH3 is 1. The summed E-state index contributed by atoms with van der Waals surface area (Å²) in [5.41, 5.74) is 3.15. The van der Waals surface area contributed by atoms with Crippen LogP contribution in [0, 0.1) is 17.4 Å². The van der Waals surface area contributed by atoms with Crippen molar-refractivity contribution in [2.75, 3.05) is 7.11 Å². The number of ether oxygens (including phenoxy) is 1. The molecule has 0 N–H and O–H groups in total. The number of hydrogen-bond donors (Lipinski definition) is 0. The molecule has 0 saturated carbocycles. The summed E-state index contributed by atoms with van der Waals surface area (Å²) in [5, 5.41) is 0.566. The Morgan fingerprint density at radius 1 is 1.10 bits per heavy atom. The Hall–Kier alpha value is -1.07. The van der Waals surface area contributed by atoms with E-state index in [4.69, 9.17) is 16.3 Å². The van der Waals surface area contributed by atoms with Crippen molar-refractivity contribution < 1.29 is 9.53 Å². The number of hydrogen-bond acceptors (Lipinski definition) is 2. The molecule has 0 atom stereocenters. The molecule has 0 aromatic heterocycles. The van der Waals surface area contributed by atoms with Gasteiger partial charge in [-0.2, -0.15) is 0 Å². The van der Waals surface area contributed by atoms with Gasteiger partial charge >= 0.3 is 0 Å². The Morgan fingerprint density at radius 2 is 1.80 bits per heavy atom. The first-order valence-corrected chi connectivity index (χ1v) is 7.54. The van der Waals surface area contributed by atoms with E-state index in [-0.39, 0.29) is 5.78 Å². The third-order valence-electron chi connectivity index (χ3n) is 3.16. The number of ketones is 1.